The van der Waals surface area contributed by atoms with Crippen LogP contribution < -0.4 is 5.32 Å². The number of carbonyl (C=O) groups is 1. The first-order chi connectivity index (χ1) is 7.58. The van der Waals surface area contributed by atoms with E-state index >= 15 is 0 Å². The Hall–Kier alpha value is -1.11. The normalized spacial score (nSPS) is 10.5. The van der Waals surface area contributed by atoms with Gasteiger partial charge in [0.25, 0.3) is 0 Å². The summed E-state index contributed by atoms with van der Waals surface area (Å²) < 4.78 is 0.717. The minimum absolute atomic E-state index is 0.0927. The van der Waals surface area contributed by atoms with Crippen molar-refractivity contribution in [2.75, 3.05) is 18.5 Å². The maximum absolute atomic E-state index is 10.9. The van der Waals surface area contributed by atoms with E-state index in [2.05, 4.69) is 21.2 Å². The standard InChI is InChI=1S/C10H12BrNO4/c11-6-1-2-8(10(15)16)9(3-6)12-7(4-13)5-14/h1-3,7,12-14H,4-5H2,(H,15,16). The zero-order chi connectivity index (χ0) is 12.1. The first kappa shape index (κ1) is 13.0. The molecule has 0 aliphatic heterocycles. The maximum Gasteiger partial charge on any atom is 0.337 e. The molecule has 6 heteroatoms. The van der Waals surface area contributed by atoms with Crippen LogP contribution in [0.25, 0.3) is 0 Å². The highest BCUT2D eigenvalue weighted by molar-refractivity contribution is 9.10. The highest BCUT2D eigenvalue weighted by Gasteiger charge is 2.13. The van der Waals surface area contributed by atoms with E-state index in [1.807, 2.05) is 0 Å². The Labute approximate surface area is 101 Å². The van der Waals surface area contributed by atoms with Crippen LogP contribution in [0.2, 0.25) is 0 Å². The van der Waals surface area contributed by atoms with Gasteiger partial charge >= 0.3 is 5.97 Å². The molecule has 0 radical (unpaired) electrons. The van der Waals surface area contributed by atoms with E-state index in [0.717, 1.165) is 4.47 Å². The van der Waals surface area contributed by atoms with Crippen molar-refractivity contribution in [3.8, 4) is 0 Å². The third kappa shape index (κ3) is 3.19. The predicted molar refractivity (Wildman–Crippen MR) is 62.7 cm³/mol. The third-order valence-electron chi connectivity index (χ3n) is 2.01. The lowest BCUT2D eigenvalue weighted by molar-refractivity contribution is 0.0697. The molecule has 16 heavy (non-hydrogen) atoms. The van der Waals surface area contributed by atoms with Gasteiger partial charge in [-0.15, -0.1) is 0 Å². The van der Waals surface area contributed by atoms with E-state index in [9.17, 15) is 4.79 Å². The summed E-state index contributed by atoms with van der Waals surface area (Å²) in [7, 11) is 0. The van der Waals surface area contributed by atoms with Crippen molar-refractivity contribution in [1.82, 2.24) is 0 Å². The number of aromatic carboxylic acids is 1. The molecule has 0 saturated heterocycles. The van der Waals surface area contributed by atoms with Crippen molar-refractivity contribution in [2.24, 2.45) is 0 Å². The van der Waals surface area contributed by atoms with Crippen LogP contribution in [0.5, 0.6) is 0 Å². The summed E-state index contributed by atoms with van der Waals surface area (Å²) in [5.41, 5.74) is 0.449. The highest BCUT2D eigenvalue weighted by Crippen LogP contribution is 2.22. The number of aliphatic hydroxyl groups is 2. The summed E-state index contributed by atoms with van der Waals surface area (Å²) >= 11 is 3.22. The number of rotatable bonds is 5. The molecule has 1 aromatic carbocycles. The fourth-order valence-electron chi connectivity index (χ4n) is 1.19. The fourth-order valence-corrected chi connectivity index (χ4v) is 1.55. The monoisotopic (exact) mass is 289 g/mol. The molecule has 0 unspecified atom stereocenters. The lowest BCUT2D eigenvalue weighted by Crippen LogP contribution is -2.28. The van der Waals surface area contributed by atoms with Gasteiger partial charge in [0.1, 0.15) is 0 Å². The van der Waals surface area contributed by atoms with E-state index in [-0.39, 0.29) is 18.8 Å². The summed E-state index contributed by atoms with van der Waals surface area (Å²) in [5, 5.41) is 29.5. The lowest BCUT2D eigenvalue weighted by atomic mass is 10.1. The Morgan fingerprint density at radius 3 is 2.50 bits per heavy atom. The Morgan fingerprint density at radius 2 is 2.00 bits per heavy atom. The van der Waals surface area contributed by atoms with Crippen molar-refractivity contribution in [3.63, 3.8) is 0 Å². The van der Waals surface area contributed by atoms with Crippen molar-refractivity contribution < 1.29 is 20.1 Å². The molecule has 0 atom stereocenters. The average Bonchev–Trinajstić information content (AvgIpc) is 2.25. The molecule has 0 aliphatic carbocycles. The molecule has 0 fully saturated rings. The molecule has 0 amide bonds. The van der Waals surface area contributed by atoms with Crippen molar-refractivity contribution in [1.29, 1.82) is 0 Å². The van der Waals surface area contributed by atoms with Gasteiger partial charge in [-0.2, -0.15) is 0 Å². The summed E-state index contributed by atoms with van der Waals surface area (Å²) in [5.74, 6) is -1.07. The molecule has 88 valence electrons. The minimum Gasteiger partial charge on any atom is -0.478 e. The number of nitrogens with one attached hydrogen (secondary N) is 1. The first-order valence-electron chi connectivity index (χ1n) is 4.59. The SMILES string of the molecule is O=C(O)c1ccc(Br)cc1NC(CO)CO. The molecule has 1 rings (SSSR count). The smallest absolute Gasteiger partial charge is 0.337 e. The molecule has 0 aromatic heterocycles. The second kappa shape index (κ2) is 5.83. The zero-order valence-corrected chi connectivity index (χ0v) is 9.94. The number of benzene rings is 1. The van der Waals surface area contributed by atoms with Crippen LogP contribution in [0.4, 0.5) is 5.69 Å². The molecule has 1 aromatic rings. The molecule has 0 saturated carbocycles. The van der Waals surface area contributed by atoms with E-state index < -0.39 is 12.0 Å². The van der Waals surface area contributed by atoms with Gasteiger partial charge in [-0.1, -0.05) is 15.9 Å². The van der Waals surface area contributed by atoms with Gasteiger partial charge in [-0.25, -0.2) is 4.79 Å². The molecule has 0 aliphatic rings. The molecule has 0 heterocycles. The molecule has 4 N–H and O–H groups in total. The van der Waals surface area contributed by atoms with Crippen LogP contribution in [0.15, 0.2) is 22.7 Å². The number of hydrogen-bond acceptors (Lipinski definition) is 4. The van der Waals surface area contributed by atoms with Crippen LogP contribution in [0, 0.1) is 0 Å². The van der Waals surface area contributed by atoms with E-state index in [0.29, 0.717) is 5.69 Å². The van der Waals surface area contributed by atoms with Crippen LogP contribution in [-0.4, -0.2) is 40.5 Å². The van der Waals surface area contributed by atoms with E-state index in [1.54, 1.807) is 12.1 Å². The average molecular weight is 290 g/mol. The Morgan fingerprint density at radius 1 is 1.38 bits per heavy atom. The van der Waals surface area contributed by atoms with Crippen molar-refractivity contribution in [3.05, 3.63) is 28.2 Å². The second-order valence-corrected chi connectivity index (χ2v) is 4.12. The fraction of sp³-hybridized carbons (Fsp3) is 0.300. The Balaban J connectivity index is 3.00. The van der Waals surface area contributed by atoms with Gasteiger partial charge in [0.2, 0.25) is 0 Å². The van der Waals surface area contributed by atoms with E-state index in [4.69, 9.17) is 15.3 Å². The third-order valence-corrected chi connectivity index (χ3v) is 2.51. The van der Waals surface area contributed by atoms with Gasteiger partial charge in [0.05, 0.1) is 30.5 Å². The van der Waals surface area contributed by atoms with Crippen LogP contribution >= 0.6 is 15.9 Å². The van der Waals surface area contributed by atoms with Gasteiger partial charge in [0, 0.05) is 4.47 Å². The van der Waals surface area contributed by atoms with Crippen molar-refractivity contribution >= 4 is 27.6 Å². The molecule has 5 nitrogen and oxygen atoms in total. The second-order valence-electron chi connectivity index (χ2n) is 3.20. The topological polar surface area (TPSA) is 89.8 Å². The van der Waals surface area contributed by atoms with Crippen LogP contribution in [0.1, 0.15) is 10.4 Å². The van der Waals surface area contributed by atoms with E-state index in [1.165, 1.54) is 6.07 Å². The maximum atomic E-state index is 10.9. The zero-order valence-electron chi connectivity index (χ0n) is 8.35. The highest BCUT2D eigenvalue weighted by atomic mass is 79.9. The van der Waals surface area contributed by atoms with Crippen LogP contribution in [-0.2, 0) is 0 Å². The van der Waals surface area contributed by atoms with Crippen molar-refractivity contribution in [2.45, 2.75) is 6.04 Å². The Bertz CT molecular complexity index is 379. The number of carboxylic acid groups (broad SMARTS) is 1. The number of aliphatic hydroxyl groups excluding tert-OH is 2. The molecule has 0 bridgehead atoms. The van der Waals surface area contributed by atoms with Gasteiger partial charge in [0.15, 0.2) is 0 Å². The summed E-state index contributed by atoms with van der Waals surface area (Å²) in [6.07, 6.45) is 0. The first-order valence-corrected chi connectivity index (χ1v) is 5.39. The largest absolute Gasteiger partial charge is 0.478 e. The molecule has 0 spiro atoms. The summed E-state index contributed by atoms with van der Waals surface area (Å²) in [6.45, 7) is -0.551. The number of anilines is 1. The molecular formula is C10H12BrNO4. The van der Waals surface area contributed by atoms with Crippen LogP contribution in [0.3, 0.4) is 0 Å². The summed E-state index contributed by atoms with van der Waals surface area (Å²) in [4.78, 5) is 10.9. The number of hydrogen-bond donors (Lipinski definition) is 4. The summed E-state index contributed by atoms with van der Waals surface area (Å²) in [6, 6.07) is 4.07. The number of carboxylic acids is 1. The quantitative estimate of drug-likeness (QED) is 0.647. The molecular weight excluding hydrogens is 278 g/mol. The van der Waals surface area contributed by atoms with Gasteiger partial charge < -0.3 is 20.6 Å². The number of halogens is 1. The van der Waals surface area contributed by atoms with Gasteiger partial charge in [-0.3, -0.25) is 0 Å². The minimum atomic E-state index is -1.07. The predicted octanol–water partition coefficient (Wildman–Crippen LogP) is 0.912. The lowest BCUT2D eigenvalue weighted by Gasteiger charge is -2.16. The van der Waals surface area contributed by atoms with Gasteiger partial charge in [-0.05, 0) is 18.2 Å². The Kier molecular flexibility index (Phi) is 4.72.